The Morgan fingerprint density at radius 2 is 2.27 bits per heavy atom. The molecule has 1 unspecified atom stereocenters. The summed E-state index contributed by atoms with van der Waals surface area (Å²) in [6.45, 7) is 4.34. The normalized spacial score (nSPS) is 19.2. The minimum Gasteiger partial charge on any atom is -0.327 e. The Balaban J connectivity index is 1.94. The molecule has 0 aliphatic heterocycles. The highest BCUT2D eigenvalue weighted by Crippen LogP contribution is 2.37. The van der Waals surface area contributed by atoms with E-state index in [-0.39, 0.29) is 6.04 Å². The van der Waals surface area contributed by atoms with Gasteiger partial charge in [-0.1, -0.05) is 20.3 Å². The van der Waals surface area contributed by atoms with Gasteiger partial charge in [-0.2, -0.15) is 0 Å². The average Bonchev–Trinajstić information content (AvgIpc) is 2.49. The highest BCUT2D eigenvalue weighted by atomic mass is 32.1. The van der Waals surface area contributed by atoms with Crippen LogP contribution in [-0.2, 0) is 6.42 Å². The molecule has 0 aromatic carbocycles. The number of hydrogen-bond donors (Lipinski definition) is 1. The van der Waals surface area contributed by atoms with E-state index in [4.69, 9.17) is 10.7 Å². The third-order valence-electron chi connectivity index (χ3n) is 3.33. The van der Waals surface area contributed by atoms with E-state index in [0.29, 0.717) is 5.92 Å². The van der Waals surface area contributed by atoms with Crippen molar-refractivity contribution in [1.29, 1.82) is 0 Å². The van der Waals surface area contributed by atoms with Crippen LogP contribution in [0.2, 0.25) is 0 Å². The molecule has 0 saturated heterocycles. The van der Waals surface area contributed by atoms with Gasteiger partial charge in [0.25, 0.3) is 0 Å². The monoisotopic (exact) mass is 224 g/mol. The van der Waals surface area contributed by atoms with Gasteiger partial charge in [-0.15, -0.1) is 11.3 Å². The van der Waals surface area contributed by atoms with E-state index in [2.05, 4.69) is 19.2 Å². The fourth-order valence-corrected chi connectivity index (χ4v) is 2.74. The fraction of sp³-hybridized carbons (Fsp3) is 0.750. The number of aromatic nitrogens is 1. The van der Waals surface area contributed by atoms with E-state index in [1.165, 1.54) is 30.0 Å². The second kappa shape index (κ2) is 4.62. The van der Waals surface area contributed by atoms with Crippen LogP contribution in [0.15, 0.2) is 5.38 Å². The highest BCUT2D eigenvalue weighted by Gasteiger charge is 2.22. The molecule has 1 aromatic heterocycles. The van der Waals surface area contributed by atoms with Gasteiger partial charge in [-0.05, 0) is 18.8 Å². The first-order valence-electron chi connectivity index (χ1n) is 5.86. The predicted octanol–water partition coefficient (Wildman–Crippen LogP) is 2.94. The molecule has 0 amide bonds. The van der Waals surface area contributed by atoms with E-state index < -0.39 is 0 Å². The van der Waals surface area contributed by atoms with Gasteiger partial charge < -0.3 is 5.73 Å². The second-order valence-corrected chi connectivity index (χ2v) is 5.81. The van der Waals surface area contributed by atoms with Gasteiger partial charge in [0.05, 0.1) is 10.7 Å². The Bertz CT molecular complexity index is 315. The van der Waals surface area contributed by atoms with Crippen molar-refractivity contribution in [2.24, 2.45) is 11.7 Å². The minimum atomic E-state index is 0.251. The Hall–Kier alpha value is -0.410. The highest BCUT2D eigenvalue weighted by molar-refractivity contribution is 7.09. The van der Waals surface area contributed by atoms with Crippen LogP contribution in [0.1, 0.15) is 49.7 Å². The van der Waals surface area contributed by atoms with Crippen molar-refractivity contribution in [3.8, 4) is 0 Å². The van der Waals surface area contributed by atoms with Gasteiger partial charge in [0.15, 0.2) is 0 Å². The van der Waals surface area contributed by atoms with Crippen LogP contribution < -0.4 is 5.73 Å². The van der Waals surface area contributed by atoms with Gasteiger partial charge in [-0.3, -0.25) is 0 Å². The van der Waals surface area contributed by atoms with Crippen LogP contribution in [0.25, 0.3) is 0 Å². The van der Waals surface area contributed by atoms with Crippen molar-refractivity contribution in [2.45, 2.75) is 51.5 Å². The zero-order chi connectivity index (χ0) is 10.8. The molecule has 3 heteroatoms. The number of rotatable bonds is 4. The van der Waals surface area contributed by atoms with Crippen LogP contribution in [0.3, 0.4) is 0 Å². The van der Waals surface area contributed by atoms with Crippen LogP contribution in [0.5, 0.6) is 0 Å². The van der Waals surface area contributed by atoms with Gasteiger partial charge in [-0.25, -0.2) is 4.98 Å². The standard InChI is InChI=1S/C12H20N2S/c1-8(2)11(13)6-10-7-15-12(14-10)9-4-3-5-9/h7-9,11H,3-6,13H2,1-2H3. The molecule has 1 fully saturated rings. The van der Waals surface area contributed by atoms with E-state index in [9.17, 15) is 0 Å². The summed E-state index contributed by atoms with van der Waals surface area (Å²) in [7, 11) is 0. The summed E-state index contributed by atoms with van der Waals surface area (Å²) in [5.74, 6) is 1.30. The lowest BCUT2D eigenvalue weighted by Gasteiger charge is -2.22. The Morgan fingerprint density at radius 1 is 1.53 bits per heavy atom. The molecule has 84 valence electrons. The van der Waals surface area contributed by atoms with Crippen molar-refractivity contribution in [3.05, 3.63) is 16.1 Å². The zero-order valence-corrected chi connectivity index (χ0v) is 10.4. The Kier molecular flexibility index (Phi) is 3.42. The molecule has 1 saturated carbocycles. The zero-order valence-electron chi connectivity index (χ0n) is 9.57. The molecule has 1 aliphatic rings. The molecule has 15 heavy (non-hydrogen) atoms. The average molecular weight is 224 g/mol. The topological polar surface area (TPSA) is 38.9 Å². The summed E-state index contributed by atoms with van der Waals surface area (Å²) < 4.78 is 0. The molecular formula is C12H20N2S. The fourth-order valence-electron chi connectivity index (χ4n) is 1.74. The number of nitrogens with two attached hydrogens (primary N) is 1. The van der Waals surface area contributed by atoms with Gasteiger partial charge in [0.1, 0.15) is 0 Å². The lowest BCUT2D eigenvalue weighted by atomic mass is 9.86. The molecule has 1 atom stereocenters. The van der Waals surface area contributed by atoms with Gasteiger partial charge in [0, 0.05) is 23.8 Å². The maximum atomic E-state index is 6.04. The molecule has 0 spiro atoms. The van der Waals surface area contributed by atoms with Crippen LogP contribution in [-0.4, -0.2) is 11.0 Å². The first kappa shape index (κ1) is 11.1. The lowest BCUT2D eigenvalue weighted by Crippen LogP contribution is -2.28. The third-order valence-corrected chi connectivity index (χ3v) is 4.38. The molecule has 2 N–H and O–H groups in total. The van der Waals surface area contributed by atoms with Crippen LogP contribution >= 0.6 is 11.3 Å². The van der Waals surface area contributed by atoms with Crippen LogP contribution in [0, 0.1) is 5.92 Å². The molecular weight excluding hydrogens is 204 g/mol. The maximum Gasteiger partial charge on any atom is 0.0959 e. The summed E-state index contributed by atoms with van der Waals surface area (Å²) in [4.78, 5) is 4.69. The largest absolute Gasteiger partial charge is 0.327 e. The van der Waals surface area contributed by atoms with Crippen molar-refractivity contribution in [2.75, 3.05) is 0 Å². The summed E-state index contributed by atoms with van der Waals surface area (Å²) >= 11 is 1.82. The Morgan fingerprint density at radius 3 is 2.80 bits per heavy atom. The maximum absolute atomic E-state index is 6.04. The SMILES string of the molecule is CC(C)C(N)Cc1csc(C2CCC2)n1. The number of nitrogens with zero attached hydrogens (tertiary/aromatic N) is 1. The first-order chi connectivity index (χ1) is 7.16. The number of thiazole rings is 1. The first-order valence-corrected chi connectivity index (χ1v) is 6.74. The van der Waals surface area contributed by atoms with E-state index in [1.54, 1.807) is 0 Å². The molecule has 2 nitrogen and oxygen atoms in total. The number of hydrogen-bond acceptors (Lipinski definition) is 3. The quantitative estimate of drug-likeness (QED) is 0.854. The van der Waals surface area contributed by atoms with Crippen molar-refractivity contribution in [1.82, 2.24) is 4.98 Å². The van der Waals surface area contributed by atoms with E-state index in [0.717, 1.165) is 12.3 Å². The summed E-state index contributed by atoms with van der Waals surface area (Å²) in [5.41, 5.74) is 7.24. The summed E-state index contributed by atoms with van der Waals surface area (Å²) in [6.07, 6.45) is 4.98. The van der Waals surface area contributed by atoms with Crippen molar-refractivity contribution < 1.29 is 0 Å². The Labute approximate surface area is 95.9 Å². The second-order valence-electron chi connectivity index (χ2n) is 4.92. The molecule has 0 radical (unpaired) electrons. The third kappa shape index (κ3) is 2.58. The van der Waals surface area contributed by atoms with Crippen LogP contribution in [0.4, 0.5) is 0 Å². The predicted molar refractivity (Wildman–Crippen MR) is 65.2 cm³/mol. The lowest BCUT2D eigenvalue weighted by molar-refractivity contribution is 0.416. The van der Waals surface area contributed by atoms with Crippen molar-refractivity contribution in [3.63, 3.8) is 0 Å². The molecule has 0 bridgehead atoms. The molecule has 1 aliphatic carbocycles. The minimum absolute atomic E-state index is 0.251. The van der Waals surface area contributed by atoms with Gasteiger partial charge >= 0.3 is 0 Å². The van der Waals surface area contributed by atoms with E-state index >= 15 is 0 Å². The molecule has 2 rings (SSSR count). The van der Waals surface area contributed by atoms with Crippen molar-refractivity contribution >= 4 is 11.3 Å². The molecule has 1 aromatic rings. The summed E-state index contributed by atoms with van der Waals surface area (Å²) in [5, 5.41) is 3.53. The smallest absolute Gasteiger partial charge is 0.0959 e. The van der Waals surface area contributed by atoms with E-state index in [1.807, 2.05) is 11.3 Å². The van der Waals surface area contributed by atoms with Gasteiger partial charge in [0.2, 0.25) is 0 Å². The molecule has 1 heterocycles. The summed E-state index contributed by atoms with van der Waals surface area (Å²) in [6, 6.07) is 0.251.